The molecule has 7 heteroatoms. The first-order valence-electron chi connectivity index (χ1n) is 4.01. The molecule has 0 rings (SSSR count). The molecular formula is C7H15NO6. The van der Waals surface area contributed by atoms with Gasteiger partial charge in [0.05, 0.1) is 13.2 Å². The van der Waals surface area contributed by atoms with Crippen molar-refractivity contribution in [2.45, 2.75) is 24.4 Å². The minimum absolute atomic E-state index is 0.486. The summed E-state index contributed by atoms with van der Waals surface area (Å²) >= 11 is 0. The molecule has 7 nitrogen and oxygen atoms in total. The molecule has 0 radical (unpaired) electrons. The Labute approximate surface area is 80.4 Å². The summed E-state index contributed by atoms with van der Waals surface area (Å²) in [5, 5.41) is 44.6. The third-order valence-corrected chi connectivity index (χ3v) is 1.79. The van der Waals surface area contributed by atoms with Crippen LogP contribution in [0.5, 0.6) is 0 Å². The number of rotatable bonds is 6. The number of aliphatic hydroxyl groups is 5. The van der Waals surface area contributed by atoms with E-state index < -0.39 is 43.4 Å². The summed E-state index contributed by atoms with van der Waals surface area (Å²) in [4.78, 5) is 10.8. The molecule has 0 aromatic carbocycles. The molecule has 0 aliphatic carbocycles. The largest absolute Gasteiger partial charge is 0.394 e. The maximum atomic E-state index is 10.8. The normalized spacial score (nSPS) is 19.9. The quantitative estimate of drug-likeness (QED) is 0.261. The Kier molecular flexibility index (Phi) is 5.77. The second-order valence-electron chi connectivity index (χ2n) is 2.85. The maximum Gasteiger partial charge on any atom is 0.177 e. The molecule has 14 heavy (non-hydrogen) atoms. The second-order valence-corrected chi connectivity index (χ2v) is 2.85. The average molecular weight is 209 g/mol. The van der Waals surface area contributed by atoms with E-state index in [0.29, 0.717) is 0 Å². The topological polar surface area (TPSA) is 144 Å². The van der Waals surface area contributed by atoms with Gasteiger partial charge in [0.15, 0.2) is 5.78 Å². The van der Waals surface area contributed by atoms with Crippen LogP contribution in [-0.4, -0.2) is 68.9 Å². The van der Waals surface area contributed by atoms with E-state index >= 15 is 0 Å². The van der Waals surface area contributed by atoms with Gasteiger partial charge in [-0.05, 0) is 0 Å². The molecule has 0 saturated heterocycles. The van der Waals surface area contributed by atoms with Gasteiger partial charge in [0, 0.05) is 0 Å². The fraction of sp³-hybridized carbons (Fsp3) is 0.857. The maximum absolute atomic E-state index is 10.8. The van der Waals surface area contributed by atoms with Crippen molar-refractivity contribution in [1.29, 1.82) is 0 Å². The molecule has 0 aromatic heterocycles. The first-order valence-corrected chi connectivity index (χ1v) is 4.01. The van der Waals surface area contributed by atoms with E-state index in [0.717, 1.165) is 0 Å². The monoisotopic (exact) mass is 209 g/mol. The summed E-state index contributed by atoms with van der Waals surface area (Å²) in [6.07, 6.45) is -7.15. The number of carbonyl (C=O) groups excluding carboxylic acids is 1. The minimum atomic E-state index is -1.87. The molecule has 84 valence electrons. The van der Waals surface area contributed by atoms with Gasteiger partial charge in [-0.25, -0.2) is 0 Å². The highest BCUT2D eigenvalue weighted by molar-refractivity contribution is 5.85. The van der Waals surface area contributed by atoms with Gasteiger partial charge >= 0.3 is 0 Å². The van der Waals surface area contributed by atoms with Crippen molar-refractivity contribution in [3.63, 3.8) is 0 Å². The van der Waals surface area contributed by atoms with Gasteiger partial charge in [-0.2, -0.15) is 0 Å². The molecule has 0 fully saturated rings. The van der Waals surface area contributed by atoms with E-state index in [1.807, 2.05) is 0 Å². The molecule has 0 bridgehead atoms. The molecule has 1 unspecified atom stereocenters. The highest BCUT2D eigenvalue weighted by Gasteiger charge is 2.33. The number of ketones is 1. The predicted molar refractivity (Wildman–Crippen MR) is 45.2 cm³/mol. The Morgan fingerprint density at radius 3 is 2.00 bits per heavy atom. The van der Waals surface area contributed by atoms with Gasteiger partial charge in [0.25, 0.3) is 0 Å². The van der Waals surface area contributed by atoms with E-state index in [4.69, 9.17) is 31.3 Å². The van der Waals surface area contributed by atoms with Crippen LogP contribution in [-0.2, 0) is 4.79 Å². The van der Waals surface area contributed by atoms with Crippen LogP contribution in [0.3, 0.4) is 0 Å². The van der Waals surface area contributed by atoms with Gasteiger partial charge < -0.3 is 31.3 Å². The van der Waals surface area contributed by atoms with Crippen LogP contribution < -0.4 is 5.73 Å². The molecule has 0 aliphatic rings. The average Bonchev–Trinajstić information content (AvgIpc) is 2.23. The smallest absolute Gasteiger partial charge is 0.177 e. The summed E-state index contributed by atoms with van der Waals surface area (Å²) in [5.74, 6) is -0.860. The van der Waals surface area contributed by atoms with Crippen molar-refractivity contribution in [3.05, 3.63) is 0 Å². The zero-order valence-corrected chi connectivity index (χ0v) is 7.45. The molecule has 0 aliphatic heterocycles. The minimum Gasteiger partial charge on any atom is -0.394 e. The number of aliphatic hydroxyl groups excluding tert-OH is 5. The van der Waals surface area contributed by atoms with Crippen molar-refractivity contribution in [2.75, 3.05) is 13.2 Å². The summed E-state index contributed by atoms with van der Waals surface area (Å²) in [6.45, 7) is -1.28. The number of Topliss-reactive ketones (excluding diaryl/α,β-unsaturated/α-hetero) is 1. The molecule has 4 atom stereocenters. The van der Waals surface area contributed by atoms with Crippen molar-refractivity contribution < 1.29 is 30.3 Å². The van der Waals surface area contributed by atoms with E-state index in [-0.39, 0.29) is 0 Å². The van der Waals surface area contributed by atoms with Crippen molar-refractivity contribution in [1.82, 2.24) is 0 Å². The number of carbonyl (C=O) groups is 1. The summed E-state index contributed by atoms with van der Waals surface area (Å²) in [7, 11) is 0. The molecule has 0 saturated carbocycles. The molecule has 0 heterocycles. The zero-order chi connectivity index (χ0) is 11.3. The van der Waals surface area contributed by atoms with Gasteiger partial charge in [-0.15, -0.1) is 0 Å². The lowest BCUT2D eigenvalue weighted by atomic mass is 10.0. The van der Waals surface area contributed by atoms with Crippen molar-refractivity contribution in [3.8, 4) is 0 Å². The summed E-state index contributed by atoms with van der Waals surface area (Å²) in [5.41, 5.74) is 4.91. The summed E-state index contributed by atoms with van der Waals surface area (Å²) < 4.78 is 0. The standard InChI is InChI=1S/C7H15NO6/c8-1-3(10)5(12)7(14)6(13)4(11)2-9/h4-7,9,11-14H,1-2,8H2/t4-,5?,6+,7+/m1/s1. The van der Waals surface area contributed by atoms with Gasteiger partial charge in [-0.3, -0.25) is 4.79 Å². The van der Waals surface area contributed by atoms with E-state index in [9.17, 15) is 4.79 Å². The highest BCUT2D eigenvalue weighted by atomic mass is 16.4. The Morgan fingerprint density at radius 2 is 1.64 bits per heavy atom. The van der Waals surface area contributed by atoms with Crippen LogP contribution in [0.15, 0.2) is 0 Å². The summed E-state index contributed by atoms with van der Waals surface area (Å²) in [6, 6.07) is 0. The Morgan fingerprint density at radius 1 is 1.14 bits per heavy atom. The first kappa shape index (κ1) is 13.4. The van der Waals surface area contributed by atoms with E-state index in [1.54, 1.807) is 0 Å². The molecule has 0 spiro atoms. The van der Waals surface area contributed by atoms with Gasteiger partial charge in [0.1, 0.15) is 24.4 Å². The van der Waals surface area contributed by atoms with Crippen molar-refractivity contribution in [2.24, 2.45) is 5.73 Å². The third kappa shape index (κ3) is 3.29. The van der Waals surface area contributed by atoms with Gasteiger partial charge in [0.2, 0.25) is 0 Å². The number of hydrogen-bond donors (Lipinski definition) is 6. The van der Waals surface area contributed by atoms with Gasteiger partial charge in [-0.1, -0.05) is 0 Å². The van der Waals surface area contributed by atoms with Crippen LogP contribution in [0.25, 0.3) is 0 Å². The zero-order valence-electron chi connectivity index (χ0n) is 7.45. The Hall–Kier alpha value is -0.570. The SMILES string of the molecule is NCC(=O)C(O)[C@H](O)[C@@H](O)[C@H](O)CO. The third-order valence-electron chi connectivity index (χ3n) is 1.79. The van der Waals surface area contributed by atoms with Crippen LogP contribution in [0.2, 0.25) is 0 Å². The Bertz CT molecular complexity index is 187. The predicted octanol–water partition coefficient (Wildman–Crippen LogP) is -4.05. The van der Waals surface area contributed by atoms with E-state index in [1.165, 1.54) is 0 Å². The lowest BCUT2D eigenvalue weighted by Crippen LogP contribution is -2.49. The lowest BCUT2D eigenvalue weighted by Gasteiger charge is -2.24. The van der Waals surface area contributed by atoms with Crippen LogP contribution in [0, 0.1) is 0 Å². The molecule has 0 amide bonds. The van der Waals surface area contributed by atoms with Crippen molar-refractivity contribution >= 4 is 5.78 Å². The lowest BCUT2D eigenvalue weighted by molar-refractivity contribution is -0.145. The highest BCUT2D eigenvalue weighted by Crippen LogP contribution is 2.05. The van der Waals surface area contributed by atoms with Crippen LogP contribution in [0.1, 0.15) is 0 Å². The number of hydrogen-bond acceptors (Lipinski definition) is 7. The fourth-order valence-electron chi connectivity index (χ4n) is 0.834. The molecule has 7 N–H and O–H groups in total. The van der Waals surface area contributed by atoms with Crippen LogP contribution in [0.4, 0.5) is 0 Å². The Balaban J connectivity index is 4.30. The van der Waals surface area contributed by atoms with Crippen LogP contribution >= 0.6 is 0 Å². The molecular weight excluding hydrogens is 194 g/mol. The number of nitrogens with two attached hydrogens (primary N) is 1. The van der Waals surface area contributed by atoms with E-state index in [2.05, 4.69) is 0 Å². The molecule has 0 aromatic rings. The second kappa shape index (κ2) is 6.02. The fourth-order valence-corrected chi connectivity index (χ4v) is 0.834. The first-order chi connectivity index (χ1) is 6.45.